The fourth-order valence-corrected chi connectivity index (χ4v) is 5.04. The van der Waals surface area contributed by atoms with Gasteiger partial charge in [0.25, 0.3) is 0 Å². The van der Waals surface area contributed by atoms with Crippen LogP contribution in [0.5, 0.6) is 11.5 Å². The van der Waals surface area contributed by atoms with Gasteiger partial charge in [0.05, 0.1) is 12.2 Å². The van der Waals surface area contributed by atoms with E-state index in [0.29, 0.717) is 24.7 Å². The lowest BCUT2D eigenvalue weighted by Gasteiger charge is -2.33. The zero-order valence-corrected chi connectivity index (χ0v) is 26.3. The van der Waals surface area contributed by atoms with E-state index in [2.05, 4.69) is 0 Å². The van der Waals surface area contributed by atoms with Crippen LogP contribution in [0.1, 0.15) is 76.0 Å². The molecule has 0 spiro atoms. The van der Waals surface area contributed by atoms with Gasteiger partial charge in [0, 0.05) is 24.3 Å². The molecule has 4 atom stereocenters. The molecule has 4 aromatic rings. The van der Waals surface area contributed by atoms with Gasteiger partial charge in [0.15, 0.2) is 11.6 Å². The first kappa shape index (κ1) is 32.9. The molecule has 0 aliphatic heterocycles. The van der Waals surface area contributed by atoms with Gasteiger partial charge in [0.1, 0.15) is 11.5 Å². The molecule has 4 rings (SSSR count). The normalized spacial score (nSPS) is 15.4. The van der Waals surface area contributed by atoms with Gasteiger partial charge in [0.2, 0.25) is 0 Å². The van der Waals surface area contributed by atoms with Gasteiger partial charge in [-0.25, -0.2) is 4.79 Å². The quantitative estimate of drug-likeness (QED) is 0.0814. The molecule has 0 saturated heterocycles. The first-order chi connectivity index (χ1) is 21.2. The van der Waals surface area contributed by atoms with Crippen molar-refractivity contribution >= 4 is 6.16 Å². The summed E-state index contributed by atoms with van der Waals surface area (Å²) < 4.78 is 35.5. The fourth-order valence-electron chi connectivity index (χ4n) is 5.04. The molecule has 0 fully saturated rings. The zero-order valence-electron chi connectivity index (χ0n) is 26.3. The lowest BCUT2D eigenvalue weighted by Crippen LogP contribution is -2.31. The largest absolute Gasteiger partial charge is 0.519 e. The van der Waals surface area contributed by atoms with E-state index in [1.807, 2.05) is 126 Å². The summed E-state index contributed by atoms with van der Waals surface area (Å²) in [6, 6.07) is 33.9. The molecular formula is C37H42O7. The Morgan fingerprint density at radius 3 is 1.23 bits per heavy atom. The van der Waals surface area contributed by atoms with Crippen molar-refractivity contribution in [2.75, 3.05) is 13.2 Å². The summed E-state index contributed by atoms with van der Waals surface area (Å²) in [5.41, 5.74) is 3.68. The molecule has 7 heteroatoms. The van der Waals surface area contributed by atoms with E-state index in [0.717, 1.165) is 22.3 Å². The predicted molar refractivity (Wildman–Crippen MR) is 169 cm³/mol. The Morgan fingerprint density at radius 2 is 0.909 bits per heavy atom. The Bertz CT molecular complexity index is 1330. The van der Waals surface area contributed by atoms with Crippen molar-refractivity contribution in [1.82, 2.24) is 0 Å². The van der Waals surface area contributed by atoms with E-state index in [1.54, 1.807) is 24.3 Å². The number of carbonyl (C=O) groups excluding carboxylic acids is 1. The lowest BCUT2D eigenvalue weighted by atomic mass is 10.1. The molecule has 0 saturated carbocycles. The molecule has 232 valence electrons. The molecule has 4 unspecified atom stereocenters. The number of benzene rings is 4. The second-order valence-corrected chi connectivity index (χ2v) is 10.6. The summed E-state index contributed by atoms with van der Waals surface area (Å²) in [6.07, 6.45) is -1.39. The van der Waals surface area contributed by atoms with E-state index in [-0.39, 0.29) is 12.2 Å². The molecular weight excluding hydrogens is 556 g/mol. The van der Waals surface area contributed by atoms with Crippen LogP contribution in [0.4, 0.5) is 4.79 Å². The third-order valence-electron chi connectivity index (χ3n) is 7.34. The van der Waals surface area contributed by atoms with Gasteiger partial charge in [-0.15, -0.1) is 0 Å². The number of rotatable bonds is 14. The summed E-state index contributed by atoms with van der Waals surface area (Å²) in [5, 5.41) is 0. The highest BCUT2D eigenvalue weighted by Crippen LogP contribution is 2.35. The van der Waals surface area contributed by atoms with Gasteiger partial charge in [-0.1, -0.05) is 84.9 Å². The van der Waals surface area contributed by atoms with E-state index in [9.17, 15) is 4.79 Å². The first-order valence-corrected chi connectivity index (χ1v) is 15.0. The molecule has 7 nitrogen and oxygen atoms in total. The van der Waals surface area contributed by atoms with Crippen LogP contribution in [-0.4, -0.2) is 19.4 Å². The van der Waals surface area contributed by atoms with Crippen molar-refractivity contribution in [2.24, 2.45) is 0 Å². The average Bonchev–Trinajstić information content (AvgIpc) is 3.02. The molecule has 0 heterocycles. The Hall–Kier alpha value is -4.01. The van der Waals surface area contributed by atoms with Crippen molar-refractivity contribution in [3.8, 4) is 11.5 Å². The third-order valence-corrected chi connectivity index (χ3v) is 7.34. The average molecular weight is 599 g/mol. The lowest BCUT2D eigenvalue weighted by molar-refractivity contribution is -0.255. The predicted octanol–water partition coefficient (Wildman–Crippen LogP) is 9.24. The Labute approximate surface area is 260 Å². The summed E-state index contributed by atoms with van der Waals surface area (Å²) in [4.78, 5) is 12.5. The molecule has 0 N–H and O–H groups in total. The minimum Gasteiger partial charge on any atom is -0.395 e. The van der Waals surface area contributed by atoms with Gasteiger partial charge in [-0.3, -0.25) is 0 Å². The van der Waals surface area contributed by atoms with Crippen molar-refractivity contribution in [1.29, 1.82) is 0 Å². The molecule has 0 aliphatic carbocycles. The summed E-state index contributed by atoms with van der Waals surface area (Å²) in [6.45, 7) is 12.6. The maximum Gasteiger partial charge on any atom is 0.519 e. The maximum absolute atomic E-state index is 12.5. The van der Waals surface area contributed by atoms with Crippen molar-refractivity contribution in [3.63, 3.8) is 0 Å². The van der Waals surface area contributed by atoms with Gasteiger partial charge in [-0.05, 0) is 76.9 Å². The summed E-state index contributed by atoms with van der Waals surface area (Å²) in [7, 11) is 0. The minimum atomic E-state index is -0.904. The number of hydrogen-bond donors (Lipinski definition) is 0. The van der Waals surface area contributed by atoms with Crippen LogP contribution in [0, 0.1) is 0 Å². The van der Waals surface area contributed by atoms with Crippen molar-refractivity contribution in [3.05, 3.63) is 131 Å². The SMILES string of the molecule is CCOC(C)(OC(C)c1ccc(OC(=O)Oc2ccc(C(C)OC(C)(OCC)c3ccccc3)cc2)cc1)c1ccccc1. The minimum absolute atomic E-state index is 0.281. The van der Waals surface area contributed by atoms with E-state index in [1.165, 1.54) is 0 Å². The smallest absolute Gasteiger partial charge is 0.395 e. The standard InChI is InChI=1S/C37H42O7/c1-7-39-36(5,31-15-11-9-12-16-31)43-27(3)29-19-23-33(24-20-29)41-35(38)42-34-25-21-30(22-26-34)28(4)44-37(6,40-8-2)32-17-13-10-14-18-32/h9-28H,7-8H2,1-6H3. The van der Waals surface area contributed by atoms with Crippen LogP contribution in [0.2, 0.25) is 0 Å². The van der Waals surface area contributed by atoms with E-state index < -0.39 is 17.7 Å². The fraction of sp³-hybridized carbons (Fsp3) is 0.324. The van der Waals surface area contributed by atoms with Crippen LogP contribution in [0.3, 0.4) is 0 Å². The highest BCUT2D eigenvalue weighted by atomic mass is 16.7. The van der Waals surface area contributed by atoms with Gasteiger partial charge in [-0.2, -0.15) is 0 Å². The van der Waals surface area contributed by atoms with Crippen LogP contribution in [-0.2, 0) is 30.5 Å². The Balaban J connectivity index is 1.33. The Kier molecular flexibility index (Phi) is 11.3. The number of hydrogen-bond acceptors (Lipinski definition) is 7. The van der Waals surface area contributed by atoms with Gasteiger partial charge >= 0.3 is 6.16 Å². The first-order valence-electron chi connectivity index (χ1n) is 15.0. The molecule has 0 amide bonds. The topological polar surface area (TPSA) is 72.5 Å². The molecule has 4 aromatic carbocycles. The molecule has 0 bridgehead atoms. The third kappa shape index (κ3) is 8.55. The number of ether oxygens (including phenoxy) is 6. The number of carbonyl (C=O) groups is 1. The Morgan fingerprint density at radius 1 is 0.568 bits per heavy atom. The molecule has 0 aromatic heterocycles. The van der Waals surface area contributed by atoms with E-state index in [4.69, 9.17) is 28.4 Å². The van der Waals surface area contributed by atoms with Crippen LogP contribution < -0.4 is 9.47 Å². The van der Waals surface area contributed by atoms with E-state index >= 15 is 0 Å². The maximum atomic E-state index is 12.5. The van der Waals surface area contributed by atoms with Crippen LogP contribution >= 0.6 is 0 Å². The second kappa shape index (κ2) is 15.1. The molecule has 44 heavy (non-hydrogen) atoms. The monoisotopic (exact) mass is 598 g/mol. The highest BCUT2D eigenvalue weighted by Gasteiger charge is 2.32. The summed E-state index contributed by atoms with van der Waals surface area (Å²) in [5.74, 6) is -1.09. The highest BCUT2D eigenvalue weighted by molar-refractivity contribution is 5.67. The second-order valence-electron chi connectivity index (χ2n) is 10.6. The molecule has 0 aliphatic rings. The van der Waals surface area contributed by atoms with Crippen LogP contribution in [0.15, 0.2) is 109 Å². The summed E-state index contributed by atoms with van der Waals surface area (Å²) >= 11 is 0. The molecule has 0 radical (unpaired) electrons. The van der Waals surface area contributed by atoms with Gasteiger partial charge < -0.3 is 28.4 Å². The van der Waals surface area contributed by atoms with Crippen LogP contribution in [0.25, 0.3) is 0 Å². The zero-order chi connectivity index (χ0) is 31.6. The van der Waals surface area contributed by atoms with Crippen molar-refractivity contribution in [2.45, 2.75) is 65.3 Å². The van der Waals surface area contributed by atoms with Crippen molar-refractivity contribution < 1.29 is 33.2 Å².